The topological polar surface area (TPSA) is 105 Å². The molecule has 218 valence electrons. The highest BCUT2D eigenvalue weighted by molar-refractivity contribution is 7.92. The highest BCUT2D eigenvalue weighted by atomic mass is 35.5. The van der Waals surface area contributed by atoms with Crippen LogP contribution in [0.2, 0.25) is 10.0 Å². The van der Waals surface area contributed by atoms with Crippen LogP contribution < -0.4 is 19.1 Å². The second-order valence-corrected chi connectivity index (χ2v) is 12.0. The molecule has 0 unspecified atom stereocenters. The van der Waals surface area contributed by atoms with E-state index in [1.54, 1.807) is 55.5 Å². The molecule has 2 amide bonds. The number of ether oxygens (including phenoxy) is 2. The van der Waals surface area contributed by atoms with E-state index in [1.807, 2.05) is 6.92 Å². The van der Waals surface area contributed by atoms with Gasteiger partial charge in [-0.3, -0.25) is 13.9 Å². The van der Waals surface area contributed by atoms with Gasteiger partial charge < -0.3 is 19.7 Å². The maximum Gasteiger partial charge on any atom is 0.264 e. The molecule has 3 aromatic carbocycles. The Hall–Kier alpha value is -3.47. The van der Waals surface area contributed by atoms with Crippen LogP contribution in [0.5, 0.6) is 11.5 Å². The fourth-order valence-corrected chi connectivity index (χ4v) is 6.21. The van der Waals surface area contributed by atoms with Crippen molar-refractivity contribution in [3.8, 4) is 11.5 Å². The summed E-state index contributed by atoms with van der Waals surface area (Å²) in [7, 11) is -4.22. The first-order chi connectivity index (χ1) is 19.6. The molecule has 41 heavy (non-hydrogen) atoms. The first kappa shape index (κ1) is 30.5. The van der Waals surface area contributed by atoms with E-state index in [-0.39, 0.29) is 23.0 Å². The molecule has 0 saturated carbocycles. The van der Waals surface area contributed by atoms with Crippen molar-refractivity contribution in [1.82, 2.24) is 10.2 Å². The van der Waals surface area contributed by atoms with Gasteiger partial charge in [0.05, 0.1) is 10.6 Å². The number of benzene rings is 3. The van der Waals surface area contributed by atoms with Gasteiger partial charge in [0.15, 0.2) is 11.5 Å². The normalized spacial score (nSPS) is 13.3. The number of hydrogen-bond acceptors (Lipinski definition) is 6. The molecular weight excluding hydrogens is 589 g/mol. The van der Waals surface area contributed by atoms with E-state index in [0.29, 0.717) is 53.3 Å². The smallest absolute Gasteiger partial charge is 0.264 e. The van der Waals surface area contributed by atoms with Gasteiger partial charge in [-0.25, -0.2) is 8.42 Å². The minimum atomic E-state index is -4.22. The molecule has 3 aromatic rings. The zero-order chi connectivity index (χ0) is 29.6. The molecule has 4 rings (SSSR count). The Labute approximate surface area is 250 Å². The zero-order valence-corrected chi connectivity index (χ0v) is 25.0. The molecule has 0 spiro atoms. The number of fused-ring (bicyclic) bond motifs is 1. The molecular formula is C29H31Cl2N3O6S. The van der Waals surface area contributed by atoms with Crippen molar-refractivity contribution < 1.29 is 27.5 Å². The van der Waals surface area contributed by atoms with Crippen LogP contribution in [0.25, 0.3) is 0 Å². The standard InChI is InChI=1S/C29H31Cl2N3O6S/c1-3-14-32-29(36)20(2)33(18-23-24(30)10-7-11-25(23)31)28(35)19-34(41(37,38)22-8-5-4-6-9-22)21-12-13-26-27(17-21)40-16-15-39-26/h4-13,17,20H,3,14-16,18-19H2,1-2H3,(H,32,36)/t20-/m0/s1. The average molecular weight is 621 g/mol. The fourth-order valence-electron chi connectivity index (χ4n) is 4.27. The molecule has 0 aromatic heterocycles. The van der Waals surface area contributed by atoms with Crippen LogP contribution in [0.3, 0.4) is 0 Å². The summed E-state index contributed by atoms with van der Waals surface area (Å²) in [4.78, 5) is 28.3. The van der Waals surface area contributed by atoms with Gasteiger partial charge in [-0.1, -0.05) is 54.4 Å². The molecule has 1 aliphatic heterocycles. The molecule has 1 heterocycles. The van der Waals surface area contributed by atoms with Gasteiger partial charge in [-0.15, -0.1) is 0 Å². The van der Waals surface area contributed by atoms with Crippen molar-refractivity contribution in [2.75, 3.05) is 30.6 Å². The maximum absolute atomic E-state index is 14.0. The molecule has 1 atom stereocenters. The van der Waals surface area contributed by atoms with E-state index in [1.165, 1.54) is 23.1 Å². The van der Waals surface area contributed by atoms with Gasteiger partial charge >= 0.3 is 0 Å². The summed E-state index contributed by atoms with van der Waals surface area (Å²) >= 11 is 12.8. The molecule has 0 bridgehead atoms. The van der Waals surface area contributed by atoms with E-state index in [9.17, 15) is 18.0 Å². The highest BCUT2D eigenvalue weighted by Gasteiger charge is 2.33. The average Bonchev–Trinajstić information content (AvgIpc) is 2.98. The van der Waals surface area contributed by atoms with Gasteiger partial charge in [0.2, 0.25) is 11.8 Å². The fraction of sp³-hybridized carbons (Fsp3) is 0.310. The number of sulfonamides is 1. The van der Waals surface area contributed by atoms with Gasteiger partial charge in [-0.05, 0) is 49.7 Å². The van der Waals surface area contributed by atoms with Crippen LogP contribution >= 0.6 is 23.2 Å². The Balaban J connectivity index is 1.75. The Morgan fingerprint density at radius 1 is 0.951 bits per heavy atom. The van der Waals surface area contributed by atoms with Crippen LogP contribution in [0.4, 0.5) is 5.69 Å². The molecule has 0 aliphatic carbocycles. The third-order valence-corrected chi connectivity index (χ3v) is 9.03. The summed E-state index contributed by atoms with van der Waals surface area (Å²) in [5, 5.41) is 3.43. The lowest BCUT2D eigenvalue weighted by Crippen LogP contribution is -2.51. The third kappa shape index (κ3) is 7.06. The van der Waals surface area contributed by atoms with Crippen molar-refractivity contribution in [3.63, 3.8) is 0 Å². The van der Waals surface area contributed by atoms with Crippen molar-refractivity contribution in [2.45, 2.75) is 37.8 Å². The molecule has 0 fully saturated rings. The summed E-state index contributed by atoms with van der Waals surface area (Å²) in [6, 6.07) is 16.5. The highest BCUT2D eigenvalue weighted by Crippen LogP contribution is 2.36. The Morgan fingerprint density at radius 2 is 1.61 bits per heavy atom. The monoisotopic (exact) mass is 619 g/mol. The Kier molecular flexibility index (Phi) is 10.0. The van der Waals surface area contributed by atoms with Crippen molar-refractivity contribution >= 4 is 50.7 Å². The summed E-state index contributed by atoms with van der Waals surface area (Å²) < 4.78 is 40.1. The number of halogens is 2. The Bertz CT molecular complexity index is 1480. The largest absolute Gasteiger partial charge is 0.486 e. The summed E-state index contributed by atoms with van der Waals surface area (Å²) in [6.45, 7) is 3.86. The molecule has 0 saturated heterocycles. The quantitative estimate of drug-likeness (QED) is 0.327. The number of nitrogens with zero attached hydrogens (tertiary/aromatic N) is 2. The summed E-state index contributed by atoms with van der Waals surface area (Å²) in [5.41, 5.74) is 0.640. The lowest BCUT2D eigenvalue weighted by atomic mass is 10.1. The predicted octanol–water partition coefficient (Wildman–Crippen LogP) is 4.90. The Morgan fingerprint density at radius 3 is 2.27 bits per heavy atom. The van der Waals surface area contributed by atoms with Gasteiger partial charge in [0, 0.05) is 34.8 Å². The minimum Gasteiger partial charge on any atom is -0.486 e. The third-order valence-electron chi connectivity index (χ3n) is 6.53. The number of carbonyl (C=O) groups is 2. The molecule has 0 radical (unpaired) electrons. The second-order valence-electron chi connectivity index (χ2n) is 9.34. The van der Waals surface area contributed by atoms with Crippen LogP contribution in [-0.4, -0.2) is 57.5 Å². The zero-order valence-electron chi connectivity index (χ0n) is 22.7. The van der Waals surface area contributed by atoms with E-state index >= 15 is 0 Å². The van der Waals surface area contributed by atoms with Crippen molar-refractivity contribution in [2.24, 2.45) is 0 Å². The van der Waals surface area contributed by atoms with Gasteiger partial charge in [0.25, 0.3) is 10.0 Å². The van der Waals surface area contributed by atoms with E-state index in [0.717, 1.165) is 4.31 Å². The van der Waals surface area contributed by atoms with E-state index in [4.69, 9.17) is 32.7 Å². The first-order valence-corrected chi connectivity index (χ1v) is 15.3. The lowest BCUT2D eigenvalue weighted by molar-refractivity contribution is -0.139. The number of anilines is 1. The summed E-state index contributed by atoms with van der Waals surface area (Å²) in [6.07, 6.45) is 0.704. The number of rotatable bonds is 11. The van der Waals surface area contributed by atoms with Crippen LogP contribution in [0.15, 0.2) is 71.6 Å². The maximum atomic E-state index is 14.0. The van der Waals surface area contributed by atoms with Gasteiger partial charge in [0.1, 0.15) is 25.8 Å². The second kappa shape index (κ2) is 13.5. The van der Waals surface area contributed by atoms with Crippen LogP contribution in [0, 0.1) is 0 Å². The number of nitrogens with one attached hydrogen (secondary N) is 1. The summed E-state index contributed by atoms with van der Waals surface area (Å²) in [5.74, 6) is -0.184. The number of amides is 2. The molecule has 1 aliphatic rings. The van der Waals surface area contributed by atoms with Crippen molar-refractivity contribution in [1.29, 1.82) is 0 Å². The molecule has 1 N–H and O–H groups in total. The van der Waals surface area contributed by atoms with Crippen LogP contribution in [0.1, 0.15) is 25.8 Å². The van der Waals surface area contributed by atoms with E-state index in [2.05, 4.69) is 5.32 Å². The minimum absolute atomic E-state index is 0.00266. The molecule has 12 heteroatoms. The SMILES string of the molecule is CCCNC(=O)[C@H](C)N(Cc1c(Cl)cccc1Cl)C(=O)CN(c1ccc2c(c1)OCCO2)S(=O)(=O)c1ccccc1. The first-order valence-electron chi connectivity index (χ1n) is 13.1. The van der Waals surface area contributed by atoms with Crippen molar-refractivity contribution in [3.05, 3.63) is 82.3 Å². The number of hydrogen-bond donors (Lipinski definition) is 1. The van der Waals surface area contributed by atoms with Gasteiger partial charge in [-0.2, -0.15) is 0 Å². The van der Waals surface area contributed by atoms with Crippen LogP contribution in [-0.2, 0) is 26.2 Å². The lowest BCUT2D eigenvalue weighted by Gasteiger charge is -2.32. The molecule has 9 nitrogen and oxygen atoms in total. The van der Waals surface area contributed by atoms with E-state index < -0.39 is 28.5 Å². The number of carbonyl (C=O) groups excluding carboxylic acids is 2. The predicted molar refractivity (Wildman–Crippen MR) is 158 cm³/mol.